The Balaban J connectivity index is 2.44. The molecule has 0 radical (unpaired) electrons. The molecule has 0 saturated heterocycles. The quantitative estimate of drug-likeness (QED) is 0.645. The predicted octanol–water partition coefficient (Wildman–Crippen LogP) is 2.62. The first kappa shape index (κ1) is 12.1. The minimum Gasteiger partial charge on any atom is -0.217 e. The number of nitrogens with zero attached hydrogens (tertiary/aromatic N) is 3. The smallest absolute Gasteiger partial charge is 0.184 e. The Morgan fingerprint density at radius 3 is 2.71 bits per heavy atom. The molecule has 0 amide bonds. The van der Waals surface area contributed by atoms with Crippen LogP contribution in [0.15, 0.2) is 18.3 Å². The molecule has 2 aromatic rings. The second-order valence-corrected chi connectivity index (χ2v) is 4.11. The highest BCUT2D eigenvalue weighted by Gasteiger charge is 2.14. The SMILES string of the molecule is Fc1cc(F)c(F)c(-n2cc(CCBr)nn2)c1. The molecule has 0 fully saturated rings. The minimum atomic E-state index is -1.25. The molecule has 3 nitrogen and oxygen atoms in total. The Labute approximate surface area is 103 Å². The number of benzene rings is 1. The normalized spacial score (nSPS) is 10.8. The predicted molar refractivity (Wildman–Crippen MR) is 58.7 cm³/mol. The van der Waals surface area contributed by atoms with E-state index in [1.165, 1.54) is 6.20 Å². The Morgan fingerprint density at radius 1 is 1.24 bits per heavy atom. The van der Waals surface area contributed by atoms with Crippen LogP contribution in [-0.2, 0) is 6.42 Å². The summed E-state index contributed by atoms with van der Waals surface area (Å²) in [6, 6.07) is 1.35. The summed E-state index contributed by atoms with van der Waals surface area (Å²) in [7, 11) is 0. The fraction of sp³-hybridized carbons (Fsp3) is 0.200. The van der Waals surface area contributed by atoms with Crippen LogP contribution in [0, 0.1) is 17.5 Å². The van der Waals surface area contributed by atoms with Crippen molar-refractivity contribution in [3.63, 3.8) is 0 Å². The summed E-state index contributed by atoms with van der Waals surface area (Å²) >= 11 is 3.22. The largest absolute Gasteiger partial charge is 0.217 e. The summed E-state index contributed by atoms with van der Waals surface area (Å²) in [5.41, 5.74) is 0.307. The summed E-state index contributed by atoms with van der Waals surface area (Å²) in [5, 5.41) is 8.05. The molecule has 0 saturated carbocycles. The monoisotopic (exact) mass is 305 g/mol. The number of hydrogen-bond acceptors (Lipinski definition) is 2. The molecule has 0 spiro atoms. The molecule has 1 aromatic heterocycles. The molecule has 0 aliphatic rings. The lowest BCUT2D eigenvalue weighted by molar-refractivity contribution is 0.487. The standard InChI is InChI=1S/C10H7BrF3N3/c11-2-1-7-5-17(16-15-7)9-4-6(12)3-8(13)10(9)14/h3-5H,1-2H2. The number of rotatable bonds is 3. The molecule has 0 N–H and O–H groups in total. The number of aryl methyl sites for hydroxylation is 1. The van der Waals surface area contributed by atoms with E-state index < -0.39 is 17.5 Å². The Bertz CT molecular complexity index is 542. The molecule has 0 atom stereocenters. The third-order valence-corrected chi connectivity index (χ3v) is 2.51. The zero-order chi connectivity index (χ0) is 12.4. The Kier molecular flexibility index (Phi) is 3.46. The van der Waals surface area contributed by atoms with Crippen LogP contribution in [-0.4, -0.2) is 20.3 Å². The van der Waals surface area contributed by atoms with Crippen molar-refractivity contribution in [1.82, 2.24) is 15.0 Å². The van der Waals surface area contributed by atoms with Gasteiger partial charge in [0.05, 0.1) is 11.9 Å². The van der Waals surface area contributed by atoms with Gasteiger partial charge in [-0.3, -0.25) is 0 Å². The van der Waals surface area contributed by atoms with Crippen molar-refractivity contribution in [3.05, 3.63) is 41.5 Å². The molecule has 0 aliphatic heterocycles. The third kappa shape index (κ3) is 2.49. The van der Waals surface area contributed by atoms with Gasteiger partial charge >= 0.3 is 0 Å². The topological polar surface area (TPSA) is 30.7 Å². The van der Waals surface area contributed by atoms with E-state index in [1.807, 2.05) is 0 Å². The van der Waals surface area contributed by atoms with Gasteiger partial charge < -0.3 is 0 Å². The zero-order valence-corrected chi connectivity index (χ0v) is 10.1. The molecule has 1 heterocycles. The van der Waals surface area contributed by atoms with E-state index in [9.17, 15) is 13.2 Å². The highest BCUT2D eigenvalue weighted by Crippen LogP contribution is 2.17. The maximum Gasteiger partial charge on any atom is 0.184 e. The van der Waals surface area contributed by atoms with Gasteiger partial charge in [-0.2, -0.15) is 0 Å². The lowest BCUT2D eigenvalue weighted by Crippen LogP contribution is -2.02. The van der Waals surface area contributed by atoms with Crippen molar-refractivity contribution < 1.29 is 13.2 Å². The van der Waals surface area contributed by atoms with E-state index in [-0.39, 0.29) is 5.69 Å². The Hall–Kier alpha value is -1.37. The van der Waals surface area contributed by atoms with Crippen molar-refractivity contribution in [3.8, 4) is 5.69 Å². The van der Waals surface area contributed by atoms with Crippen LogP contribution in [0.25, 0.3) is 5.69 Å². The zero-order valence-electron chi connectivity index (χ0n) is 8.50. The van der Waals surface area contributed by atoms with Crippen LogP contribution in [0.5, 0.6) is 0 Å². The summed E-state index contributed by atoms with van der Waals surface area (Å²) in [6.07, 6.45) is 2.03. The van der Waals surface area contributed by atoms with Gasteiger partial charge in [-0.1, -0.05) is 21.1 Å². The number of hydrogen-bond donors (Lipinski definition) is 0. The highest BCUT2D eigenvalue weighted by molar-refractivity contribution is 9.09. The van der Waals surface area contributed by atoms with Crippen molar-refractivity contribution >= 4 is 15.9 Å². The first-order valence-corrected chi connectivity index (χ1v) is 5.86. The summed E-state index contributed by atoms with van der Waals surface area (Å²) in [5.74, 6) is -3.27. The van der Waals surface area contributed by atoms with Gasteiger partial charge in [-0.25, -0.2) is 17.9 Å². The maximum absolute atomic E-state index is 13.4. The fourth-order valence-corrected chi connectivity index (χ4v) is 1.74. The molecule has 0 aliphatic carbocycles. The van der Waals surface area contributed by atoms with Crippen LogP contribution < -0.4 is 0 Å². The van der Waals surface area contributed by atoms with Crippen LogP contribution >= 0.6 is 15.9 Å². The summed E-state index contributed by atoms with van der Waals surface area (Å²) < 4.78 is 40.4. The second kappa shape index (κ2) is 4.87. The van der Waals surface area contributed by atoms with Gasteiger partial charge in [-0.15, -0.1) is 5.10 Å². The van der Waals surface area contributed by atoms with E-state index in [4.69, 9.17) is 0 Å². The summed E-state index contributed by atoms with van der Waals surface area (Å²) in [6.45, 7) is 0. The average molecular weight is 306 g/mol. The first-order chi connectivity index (χ1) is 8.11. The Morgan fingerprint density at radius 2 is 2.00 bits per heavy atom. The van der Waals surface area contributed by atoms with Crippen molar-refractivity contribution in [1.29, 1.82) is 0 Å². The number of halogens is 4. The number of alkyl halides is 1. The van der Waals surface area contributed by atoms with E-state index in [1.54, 1.807) is 0 Å². The third-order valence-electron chi connectivity index (χ3n) is 2.11. The number of aromatic nitrogens is 3. The van der Waals surface area contributed by atoms with Gasteiger partial charge in [0.2, 0.25) is 0 Å². The first-order valence-electron chi connectivity index (χ1n) is 4.74. The van der Waals surface area contributed by atoms with E-state index in [0.717, 1.165) is 10.7 Å². The molecule has 7 heteroatoms. The second-order valence-electron chi connectivity index (χ2n) is 3.31. The van der Waals surface area contributed by atoms with Gasteiger partial charge in [0, 0.05) is 23.9 Å². The molecule has 17 heavy (non-hydrogen) atoms. The molecular formula is C10H7BrF3N3. The van der Waals surface area contributed by atoms with Gasteiger partial charge in [0.25, 0.3) is 0 Å². The van der Waals surface area contributed by atoms with Gasteiger partial charge in [-0.05, 0) is 0 Å². The summed E-state index contributed by atoms with van der Waals surface area (Å²) in [4.78, 5) is 0. The van der Waals surface area contributed by atoms with Crippen molar-refractivity contribution in [2.24, 2.45) is 0 Å². The minimum absolute atomic E-state index is 0.296. The lowest BCUT2D eigenvalue weighted by Gasteiger charge is -2.02. The maximum atomic E-state index is 13.4. The molecule has 90 valence electrons. The van der Waals surface area contributed by atoms with E-state index >= 15 is 0 Å². The average Bonchev–Trinajstić information content (AvgIpc) is 2.72. The lowest BCUT2D eigenvalue weighted by atomic mass is 10.3. The highest BCUT2D eigenvalue weighted by atomic mass is 79.9. The molecular weight excluding hydrogens is 299 g/mol. The van der Waals surface area contributed by atoms with Gasteiger partial charge in [0.1, 0.15) is 11.5 Å². The van der Waals surface area contributed by atoms with Crippen LogP contribution in [0.3, 0.4) is 0 Å². The van der Waals surface area contributed by atoms with Crippen LogP contribution in [0.1, 0.15) is 5.69 Å². The fourth-order valence-electron chi connectivity index (χ4n) is 1.34. The van der Waals surface area contributed by atoms with Crippen LogP contribution in [0.4, 0.5) is 13.2 Å². The molecule has 2 rings (SSSR count). The van der Waals surface area contributed by atoms with Crippen LogP contribution in [0.2, 0.25) is 0 Å². The van der Waals surface area contributed by atoms with Gasteiger partial charge in [0.15, 0.2) is 11.6 Å². The molecule has 0 bridgehead atoms. The molecule has 1 aromatic carbocycles. The van der Waals surface area contributed by atoms with E-state index in [0.29, 0.717) is 23.5 Å². The van der Waals surface area contributed by atoms with E-state index in [2.05, 4.69) is 26.2 Å². The molecule has 0 unspecified atom stereocenters. The van der Waals surface area contributed by atoms with Crippen molar-refractivity contribution in [2.45, 2.75) is 6.42 Å². The van der Waals surface area contributed by atoms with Crippen molar-refractivity contribution in [2.75, 3.05) is 5.33 Å².